The summed E-state index contributed by atoms with van der Waals surface area (Å²) in [4.78, 5) is 0. The summed E-state index contributed by atoms with van der Waals surface area (Å²) < 4.78 is 5.40. The molecule has 0 amide bonds. The third-order valence-corrected chi connectivity index (χ3v) is 2.80. The quantitative estimate of drug-likeness (QED) is 0.731. The van der Waals surface area contributed by atoms with Crippen LogP contribution in [0.1, 0.15) is 39.0 Å². The average molecular weight is 238 g/mol. The standard InChI is InChI=1S/C14H26N2O/c1-5-14-13(6-7-17-14)10-16-12(4)9-15-8-11(2)3/h6-7,11-12,15-16H,5,8-10H2,1-4H3. The Kier molecular flexibility index (Phi) is 6.30. The summed E-state index contributed by atoms with van der Waals surface area (Å²) in [5.74, 6) is 1.81. The fraction of sp³-hybridized carbons (Fsp3) is 0.714. The Balaban J connectivity index is 2.21. The Bertz CT molecular complexity index is 307. The van der Waals surface area contributed by atoms with Gasteiger partial charge in [0.15, 0.2) is 0 Å². The van der Waals surface area contributed by atoms with E-state index in [1.54, 1.807) is 6.26 Å². The summed E-state index contributed by atoms with van der Waals surface area (Å²) in [5, 5.41) is 6.97. The van der Waals surface area contributed by atoms with Crippen molar-refractivity contribution in [3.05, 3.63) is 23.7 Å². The SMILES string of the molecule is CCc1occc1CNC(C)CNCC(C)C. The van der Waals surface area contributed by atoms with E-state index in [1.165, 1.54) is 5.56 Å². The Morgan fingerprint density at radius 3 is 2.65 bits per heavy atom. The molecule has 0 saturated carbocycles. The molecule has 0 aliphatic carbocycles. The van der Waals surface area contributed by atoms with Crippen molar-refractivity contribution >= 4 is 0 Å². The molecule has 2 N–H and O–H groups in total. The molecule has 0 saturated heterocycles. The number of furan rings is 1. The molecule has 3 nitrogen and oxygen atoms in total. The number of hydrogen-bond acceptors (Lipinski definition) is 3. The van der Waals surface area contributed by atoms with Crippen LogP contribution in [-0.4, -0.2) is 19.1 Å². The van der Waals surface area contributed by atoms with Crippen molar-refractivity contribution in [1.29, 1.82) is 0 Å². The molecule has 1 aromatic heterocycles. The second-order valence-electron chi connectivity index (χ2n) is 5.06. The molecule has 1 atom stereocenters. The fourth-order valence-corrected chi connectivity index (χ4v) is 1.78. The minimum absolute atomic E-state index is 0.480. The first kappa shape index (κ1) is 14.3. The number of aryl methyl sites for hydroxylation is 1. The lowest BCUT2D eigenvalue weighted by Gasteiger charge is -2.15. The molecule has 1 unspecified atom stereocenters. The number of hydrogen-bond donors (Lipinski definition) is 2. The van der Waals surface area contributed by atoms with E-state index in [-0.39, 0.29) is 0 Å². The Hall–Kier alpha value is -0.800. The van der Waals surface area contributed by atoms with Gasteiger partial charge in [-0.25, -0.2) is 0 Å². The van der Waals surface area contributed by atoms with Crippen molar-refractivity contribution in [2.75, 3.05) is 13.1 Å². The maximum Gasteiger partial charge on any atom is 0.107 e. The van der Waals surface area contributed by atoms with E-state index in [0.29, 0.717) is 12.0 Å². The van der Waals surface area contributed by atoms with Crippen LogP contribution in [0.25, 0.3) is 0 Å². The second kappa shape index (κ2) is 7.51. The van der Waals surface area contributed by atoms with Gasteiger partial charge < -0.3 is 15.1 Å². The normalized spacial score (nSPS) is 13.2. The molecular weight excluding hydrogens is 212 g/mol. The van der Waals surface area contributed by atoms with Gasteiger partial charge in [-0.15, -0.1) is 0 Å². The Morgan fingerprint density at radius 2 is 2.00 bits per heavy atom. The molecule has 1 aromatic rings. The van der Waals surface area contributed by atoms with Gasteiger partial charge in [0.25, 0.3) is 0 Å². The predicted octanol–water partition coefficient (Wildman–Crippen LogP) is 2.57. The van der Waals surface area contributed by atoms with Gasteiger partial charge in [0.2, 0.25) is 0 Å². The molecule has 3 heteroatoms. The molecule has 1 heterocycles. The predicted molar refractivity (Wildman–Crippen MR) is 72.1 cm³/mol. The van der Waals surface area contributed by atoms with E-state index in [2.05, 4.69) is 44.4 Å². The highest BCUT2D eigenvalue weighted by molar-refractivity contribution is 5.16. The Morgan fingerprint density at radius 1 is 1.24 bits per heavy atom. The molecule has 1 rings (SSSR count). The van der Waals surface area contributed by atoms with Gasteiger partial charge in [0.05, 0.1) is 6.26 Å². The zero-order valence-electron chi connectivity index (χ0n) is 11.5. The third-order valence-electron chi connectivity index (χ3n) is 2.80. The average Bonchev–Trinajstić information content (AvgIpc) is 2.73. The van der Waals surface area contributed by atoms with Crippen LogP contribution in [-0.2, 0) is 13.0 Å². The molecule has 0 fully saturated rings. The molecule has 98 valence electrons. The molecule has 0 aromatic carbocycles. The van der Waals surface area contributed by atoms with Crippen LogP contribution >= 0.6 is 0 Å². The fourth-order valence-electron chi connectivity index (χ4n) is 1.78. The summed E-state index contributed by atoms with van der Waals surface area (Å²) in [7, 11) is 0. The van der Waals surface area contributed by atoms with Crippen LogP contribution in [0.4, 0.5) is 0 Å². The van der Waals surface area contributed by atoms with Crippen molar-refractivity contribution in [3.8, 4) is 0 Å². The first-order chi connectivity index (χ1) is 8.13. The van der Waals surface area contributed by atoms with E-state index in [9.17, 15) is 0 Å². The van der Waals surface area contributed by atoms with Crippen LogP contribution in [0.15, 0.2) is 16.7 Å². The zero-order chi connectivity index (χ0) is 12.7. The summed E-state index contributed by atoms with van der Waals surface area (Å²) in [6, 6.07) is 2.54. The highest BCUT2D eigenvalue weighted by atomic mass is 16.3. The summed E-state index contributed by atoms with van der Waals surface area (Å²) in [6.07, 6.45) is 2.74. The van der Waals surface area contributed by atoms with Gasteiger partial charge in [-0.1, -0.05) is 20.8 Å². The van der Waals surface area contributed by atoms with E-state index in [1.807, 2.05) is 0 Å². The van der Waals surface area contributed by atoms with Gasteiger partial charge in [0.1, 0.15) is 5.76 Å². The first-order valence-corrected chi connectivity index (χ1v) is 6.62. The van der Waals surface area contributed by atoms with Crippen molar-refractivity contribution in [3.63, 3.8) is 0 Å². The van der Waals surface area contributed by atoms with Gasteiger partial charge in [0, 0.05) is 31.1 Å². The van der Waals surface area contributed by atoms with E-state index in [4.69, 9.17) is 4.42 Å². The van der Waals surface area contributed by atoms with Crippen LogP contribution < -0.4 is 10.6 Å². The van der Waals surface area contributed by atoms with Gasteiger partial charge in [-0.2, -0.15) is 0 Å². The zero-order valence-corrected chi connectivity index (χ0v) is 11.5. The molecule has 0 spiro atoms. The van der Waals surface area contributed by atoms with E-state index < -0.39 is 0 Å². The highest BCUT2D eigenvalue weighted by Gasteiger charge is 2.06. The van der Waals surface area contributed by atoms with Crippen LogP contribution in [0.5, 0.6) is 0 Å². The summed E-state index contributed by atoms with van der Waals surface area (Å²) in [5.41, 5.74) is 1.28. The van der Waals surface area contributed by atoms with Crippen LogP contribution in [0.3, 0.4) is 0 Å². The largest absolute Gasteiger partial charge is 0.469 e. The van der Waals surface area contributed by atoms with Crippen molar-refractivity contribution in [1.82, 2.24) is 10.6 Å². The molecule has 0 bridgehead atoms. The lowest BCUT2D eigenvalue weighted by molar-refractivity contribution is 0.465. The first-order valence-electron chi connectivity index (χ1n) is 6.62. The monoisotopic (exact) mass is 238 g/mol. The smallest absolute Gasteiger partial charge is 0.107 e. The maximum absolute atomic E-state index is 5.40. The molecule has 0 radical (unpaired) electrons. The van der Waals surface area contributed by atoms with E-state index >= 15 is 0 Å². The maximum atomic E-state index is 5.40. The number of nitrogens with one attached hydrogen (secondary N) is 2. The summed E-state index contributed by atoms with van der Waals surface area (Å²) >= 11 is 0. The van der Waals surface area contributed by atoms with Crippen LogP contribution in [0, 0.1) is 5.92 Å². The topological polar surface area (TPSA) is 37.2 Å². The third kappa shape index (κ3) is 5.37. The van der Waals surface area contributed by atoms with Crippen molar-refractivity contribution in [2.24, 2.45) is 5.92 Å². The molecule has 0 aliphatic heterocycles. The van der Waals surface area contributed by atoms with Gasteiger partial charge >= 0.3 is 0 Å². The van der Waals surface area contributed by atoms with Crippen molar-refractivity contribution < 1.29 is 4.42 Å². The lowest BCUT2D eigenvalue weighted by Crippen LogP contribution is -2.37. The lowest BCUT2D eigenvalue weighted by atomic mass is 10.2. The number of rotatable bonds is 8. The molecule has 17 heavy (non-hydrogen) atoms. The molecular formula is C14H26N2O. The minimum Gasteiger partial charge on any atom is -0.469 e. The van der Waals surface area contributed by atoms with Crippen molar-refractivity contribution in [2.45, 2.75) is 46.7 Å². The van der Waals surface area contributed by atoms with Crippen LogP contribution in [0.2, 0.25) is 0 Å². The second-order valence-corrected chi connectivity index (χ2v) is 5.06. The van der Waals surface area contributed by atoms with Gasteiger partial charge in [-0.05, 0) is 25.5 Å². The van der Waals surface area contributed by atoms with Gasteiger partial charge in [-0.3, -0.25) is 0 Å². The summed E-state index contributed by atoms with van der Waals surface area (Å²) in [6.45, 7) is 11.8. The van der Waals surface area contributed by atoms with E-state index in [0.717, 1.165) is 31.8 Å². The highest BCUT2D eigenvalue weighted by Crippen LogP contribution is 2.10. The molecule has 0 aliphatic rings. The minimum atomic E-state index is 0.480. The Labute approximate surface area is 105 Å².